The molecular formula is C27H40O2. The molecular weight excluding hydrogens is 356 g/mol. The number of hydrogen-bond acceptors (Lipinski definition) is 2. The van der Waals surface area contributed by atoms with Gasteiger partial charge in [0.05, 0.1) is 6.10 Å². The van der Waals surface area contributed by atoms with Crippen molar-refractivity contribution >= 4 is 0 Å². The molecule has 1 aromatic rings. The second kappa shape index (κ2) is 8.25. The van der Waals surface area contributed by atoms with Gasteiger partial charge >= 0.3 is 0 Å². The Morgan fingerprint density at radius 1 is 0.931 bits per heavy atom. The number of hydrogen-bond donors (Lipinski definition) is 0. The van der Waals surface area contributed by atoms with Crippen molar-refractivity contribution in [3.8, 4) is 5.75 Å². The van der Waals surface area contributed by atoms with Crippen molar-refractivity contribution in [3.63, 3.8) is 0 Å². The van der Waals surface area contributed by atoms with Crippen LogP contribution in [0.2, 0.25) is 0 Å². The molecule has 0 amide bonds. The van der Waals surface area contributed by atoms with E-state index in [0.29, 0.717) is 11.5 Å². The molecule has 4 saturated carbocycles. The predicted molar refractivity (Wildman–Crippen MR) is 118 cm³/mol. The largest absolute Gasteiger partial charge is 0.465 e. The lowest BCUT2D eigenvalue weighted by molar-refractivity contribution is -0.160. The molecule has 2 bridgehead atoms. The monoisotopic (exact) mass is 396 g/mol. The van der Waals surface area contributed by atoms with Crippen LogP contribution >= 0.6 is 0 Å². The normalized spacial score (nSPS) is 36.1. The van der Waals surface area contributed by atoms with Crippen molar-refractivity contribution in [1.29, 1.82) is 0 Å². The van der Waals surface area contributed by atoms with Gasteiger partial charge in [-0.05, 0) is 91.7 Å². The van der Waals surface area contributed by atoms with E-state index < -0.39 is 0 Å². The quantitative estimate of drug-likeness (QED) is 0.455. The minimum Gasteiger partial charge on any atom is -0.465 e. The number of rotatable bonds is 7. The molecule has 0 heterocycles. The zero-order chi connectivity index (χ0) is 19.8. The van der Waals surface area contributed by atoms with E-state index in [-0.39, 0.29) is 6.29 Å². The van der Waals surface area contributed by atoms with Gasteiger partial charge in [-0.25, -0.2) is 0 Å². The van der Waals surface area contributed by atoms with Crippen LogP contribution in [-0.4, -0.2) is 12.4 Å². The summed E-state index contributed by atoms with van der Waals surface area (Å²) in [4.78, 5) is 0. The Morgan fingerprint density at radius 3 is 2.45 bits per heavy atom. The lowest BCUT2D eigenvalue weighted by Gasteiger charge is -2.39. The standard InChI is InChI=1S/C27H40O2/c1-3-19-10-12-21(13-11-19)28-26(18-27(2)14-5-4-6-15-27)29-25-17-20-16-24(25)23-9-7-8-22(20)23/h10-13,20,22-26H,3-9,14-18H2,1-2H3. The zero-order valence-corrected chi connectivity index (χ0v) is 18.6. The Labute approximate surface area is 177 Å². The molecule has 29 heavy (non-hydrogen) atoms. The first-order valence-electron chi connectivity index (χ1n) is 12.5. The minimum absolute atomic E-state index is 0.0882. The van der Waals surface area contributed by atoms with Crippen LogP contribution in [0.25, 0.3) is 0 Å². The van der Waals surface area contributed by atoms with Crippen LogP contribution < -0.4 is 4.74 Å². The van der Waals surface area contributed by atoms with Crippen LogP contribution in [0.3, 0.4) is 0 Å². The lowest BCUT2D eigenvalue weighted by Crippen LogP contribution is -2.38. The molecule has 2 heteroatoms. The van der Waals surface area contributed by atoms with Gasteiger partial charge in [0.15, 0.2) is 0 Å². The van der Waals surface area contributed by atoms with E-state index in [1.165, 1.54) is 69.8 Å². The lowest BCUT2D eigenvalue weighted by atomic mass is 9.73. The highest BCUT2D eigenvalue weighted by atomic mass is 16.7. The molecule has 160 valence electrons. The first-order chi connectivity index (χ1) is 14.1. The summed E-state index contributed by atoms with van der Waals surface area (Å²) in [5, 5.41) is 0. The third-order valence-electron chi connectivity index (χ3n) is 9.01. The molecule has 0 radical (unpaired) electrons. The van der Waals surface area contributed by atoms with Crippen molar-refractivity contribution in [2.75, 3.05) is 0 Å². The molecule has 1 aromatic carbocycles. The van der Waals surface area contributed by atoms with Crippen molar-refractivity contribution < 1.29 is 9.47 Å². The maximum absolute atomic E-state index is 6.86. The third kappa shape index (κ3) is 4.11. The van der Waals surface area contributed by atoms with Gasteiger partial charge in [-0.3, -0.25) is 0 Å². The Kier molecular flexibility index (Phi) is 5.67. The second-order valence-corrected chi connectivity index (χ2v) is 10.9. The summed E-state index contributed by atoms with van der Waals surface area (Å²) in [6.45, 7) is 4.68. The van der Waals surface area contributed by atoms with E-state index in [2.05, 4.69) is 38.1 Å². The van der Waals surface area contributed by atoms with Crippen LogP contribution in [0.15, 0.2) is 24.3 Å². The van der Waals surface area contributed by atoms with Gasteiger partial charge in [-0.15, -0.1) is 0 Å². The second-order valence-electron chi connectivity index (χ2n) is 10.9. The highest BCUT2D eigenvalue weighted by molar-refractivity contribution is 5.27. The van der Waals surface area contributed by atoms with Gasteiger partial charge in [-0.2, -0.15) is 0 Å². The summed E-state index contributed by atoms with van der Waals surface area (Å²) < 4.78 is 13.4. The fourth-order valence-electron chi connectivity index (χ4n) is 7.44. The maximum atomic E-state index is 6.86. The van der Waals surface area contributed by atoms with E-state index in [1.54, 1.807) is 0 Å². The van der Waals surface area contributed by atoms with Gasteiger partial charge < -0.3 is 9.47 Å². The molecule has 6 atom stereocenters. The molecule has 4 aliphatic carbocycles. The molecule has 4 fully saturated rings. The Morgan fingerprint density at radius 2 is 1.69 bits per heavy atom. The van der Waals surface area contributed by atoms with Gasteiger partial charge in [-0.1, -0.05) is 51.7 Å². The van der Waals surface area contributed by atoms with Crippen molar-refractivity contribution in [3.05, 3.63) is 29.8 Å². The average molecular weight is 397 g/mol. The summed E-state index contributed by atoms with van der Waals surface area (Å²) >= 11 is 0. The molecule has 0 N–H and O–H groups in total. The van der Waals surface area contributed by atoms with E-state index in [0.717, 1.165) is 42.3 Å². The maximum Gasteiger partial charge on any atom is 0.200 e. The smallest absolute Gasteiger partial charge is 0.200 e. The van der Waals surface area contributed by atoms with E-state index in [4.69, 9.17) is 9.47 Å². The summed E-state index contributed by atoms with van der Waals surface area (Å²) in [5.41, 5.74) is 1.74. The highest BCUT2D eigenvalue weighted by Crippen LogP contribution is 2.59. The molecule has 0 aromatic heterocycles. The van der Waals surface area contributed by atoms with Gasteiger partial charge in [0, 0.05) is 6.42 Å². The van der Waals surface area contributed by atoms with Crippen LogP contribution in [-0.2, 0) is 11.2 Å². The fraction of sp³-hybridized carbons (Fsp3) is 0.778. The van der Waals surface area contributed by atoms with Gasteiger partial charge in [0.25, 0.3) is 0 Å². The van der Waals surface area contributed by atoms with Crippen LogP contribution in [0.5, 0.6) is 5.75 Å². The molecule has 5 rings (SSSR count). The molecule has 4 aliphatic rings. The van der Waals surface area contributed by atoms with Gasteiger partial charge in [0.1, 0.15) is 5.75 Å². The fourth-order valence-corrected chi connectivity index (χ4v) is 7.44. The summed E-state index contributed by atoms with van der Waals surface area (Å²) in [6.07, 6.45) is 16.4. The van der Waals surface area contributed by atoms with E-state index >= 15 is 0 Å². The van der Waals surface area contributed by atoms with Crippen LogP contribution in [0.4, 0.5) is 0 Å². The van der Waals surface area contributed by atoms with Crippen LogP contribution in [0, 0.1) is 29.1 Å². The summed E-state index contributed by atoms with van der Waals surface area (Å²) in [6, 6.07) is 8.70. The van der Waals surface area contributed by atoms with E-state index in [9.17, 15) is 0 Å². The Balaban J connectivity index is 1.29. The van der Waals surface area contributed by atoms with Crippen molar-refractivity contribution in [1.82, 2.24) is 0 Å². The zero-order valence-electron chi connectivity index (χ0n) is 18.6. The molecule has 6 unspecified atom stereocenters. The predicted octanol–water partition coefficient (Wildman–Crippen LogP) is 7.16. The topological polar surface area (TPSA) is 18.5 Å². The SMILES string of the molecule is CCc1ccc(OC(CC2(C)CCCCC2)OC2CC3CC2C2CCCC32)cc1. The van der Waals surface area contributed by atoms with E-state index in [1.807, 2.05) is 0 Å². The van der Waals surface area contributed by atoms with Crippen molar-refractivity contribution in [2.45, 2.75) is 103 Å². The van der Waals surface area contributed by atoms with Crippen LogP contribution in [0.1, 0.15) is 90.0 Å². The van der Waals surface area contributed by atoms with Crippen molar-refractivity contribution in [2.24, 2.45) is 29.1 Å². The number of fused-ring (bicyclic) bond motifs is 5. The average Bonchev–Trinajstić information content (AvgIpc) is 3.42. The number of ether oxygens (including phenoxy) is 2. The Hall–Kier alpha value is -1.02. The minimum atomic E-state index is -0.0882. The molecule has 0 spiro atoms. The number of benzene rings is 1. The first-order valence-corrected chi connectivity index (χ1v) is 12.5. The third-order valence-corrected chi connectivity index (χ3v) is 9.01. The molecule has 2 nitrogen and oxygen atoms in total. The molecule has 0 aliphatic heterocycles. The molecule has 0 saturated heterocycles. The first kappa shape index (κ1) is 19.9. The summed E-state index contributed by atoms with van der Waals surface area (Å²) in [7, 11) is 0. The van der Waals surface area contributed by atoms with Gasteiger partial charge in [0.2, 0.25) is 6.29 Å². The highest BCUT2D eigenvalue weighted by Gasteiger charge is 2.55. The number of aryl methyl sites for hydroxylation is 1. The summed E-state index contributed by atoms with van der Waals surface area (Å²) in [5.74, 6) is 4.70. The Bertz CT molecular complexity index is 674.